The fourth-order valence-electron chi connectivity index (χ4n) is 1.96. The molecule has 2 rings (SSSR count). The Bertz CT molecular complexity index is 307. The van der Waals surface area contributed by atoms with Crippen molar-refractivity contribution in [3.8, 4) is 0 Å². The van der Waals surface area contributed by atoms with Gasteiger partial charge in [0.2, 0.25) is 0 Å². The number of halogens is 1. The highest BCUT2D eigenvalue weighted by molar-refractivity contribution is 6.28. The fraction of sp³-hybridized carbons (Fsp3) is 0.636. The van der Waals surface area contributed by atoms with E-state index in [-0.39, 0.29) is 0 Å². The maximum atomic E-state index is 5.76. The minimum absolute atomic E-state index is 0.413. The first-order valence-electron chi connectivity index (χ1n) is 5.44. The van der Waals surface area contributed by atoms with Crippen molar-refractivity contribution < 1.29 is 4.42 Å². The second kappa shape index (κ2) is 5.01. The van der Waals surface area contributed by atoms with Crippen molar-refractivity contribution >= 4 is 11.6 Å². The number of piperazine rings is 1. The maximum Gasteiger partial charge on any atom is 0.193 e. The lowest BCUT2D eigenvalue weighted by Gasteiger charge is -2.28. The molecule has 1 aromatic rings. The maximum absolute atomic E-state index is 5.76. The van der Waals surface area contributed by atoms with E-state index in [1.807, 2.05) is 12.1 Å². The molecule has 1 atom stereocenters. The third-order valence-electron chi connectivity index (χ3n) is 2.82. The van der Waals surface area contributed by atoms with E-state index >= 15 is 0 Å². The lowest BCUT2D eigenvalue weighted by atomic mass is 10.1. The largest absolute Gasteiger partial charge is 0.449 e. The monoisotopic (exact) mass is 228 g/mol. The van der Waals surface area contributed by atoms with Crippen molar-refractivity contribution in [3.63, 3.8) is 0 Å². The van der Waals surface area contributed by atoms with Crippen LogP contribution in [0.5, 0.6) is 0 Å². The number of rotatable bonds is 3. The Hall–Kier alpha value is -0.510. The lowest BCUT2D eigenvalue weighted by molar-refractivity contribution is 0.223. The van der Waals surface area contributed by atoms with Gasteiger partial charge in [-0.25, -0.2) is 0 Å². The third kappa shape index (κ3) is 2.97. The Labute approximate surface area is 95.4 Å². The summed E-state index contributed by atoms with van der Waals surface area (Å²) in [6.45, 7) is 7.65. The molecule has 1 N–H and O–H groups in total. The van der Waals surface area contributed by atoms with Crippen LogP contribution in [-0.2, 0) is 0 Å². The molecule has 3 nitrogen and oxygen atoms in total. The van der Waals surface area contributed by atoms with E-state index in [0.717, 1.165) is 38.5 Å². The molecule has 1 fully saturated rings. The summed E-state index contributed by atoms with van der Waals surface area (Å²) in [5, 5.41) is 3.83. The number of furan rings is 1. The molecule has 0 bridgehead atoms. The second-order valence-electron chi connectivity index (χ2n) is 4.09. The molecule has 1 aliphatic rings. The van der Waals surface area contributed by atoms with Crippen LogP contribution in [-0.4, -0.2) is 37.6 Å². The molecular weight excluding hydrogens is 212 g/mol. The van der Waals surface area contributed by atoms with Crippen LogP contribution in [0.1, 0.15) is 18.6 Å². The van der Waals surface area contributed by atoms with E-state index < -0.39 is 0 Å². The second-order valence-corrected chi connectivity index (χ2v) is 4.47. The molecule has 0 aliphatic carbocycles. The van der Waals surface area contributed by atoms with Crippen molar-refractivity contribution in [3.05, 3.63) is 23.1 Å². The van der Waals surface area contributed by atoms with Crippen LogP contribution in [0, 0.1) is 0 Å². The molecule has 1 aromatic heterocycles. The highest BCUT2D eigenvalue weighted by Gasteiger charge is 2.16. The first-order valence-corrected chi connectivity index (χ1v) is 5.82. The van der Waals surface area contributed by atoms with E-state index in [0.29, 0.717) is 11.1 Å². The number of nitrogens with one attached hydrogen (secondary N) is 1. The standard InChI is InChI=1S/C11H17ClN2O/c1-9(10-2-3-11(12)15-10)8-14-6-4-13-5-7-14/h2-3,9,13H,4-8H2,1H3. The zero-order chi connectivity index (χ0) is 10.7. The molecule has 0 aromatic carbocycles. The van der Waals surface area contributed by atoms with Crippen LogP contribution in [0.25, 0.3) is 0 Å². The van der Waals surface area contributed by atoms with Gasteiger partial charge >= 0.3 is 0 Å². The van der Waals surface area contributed by atoms with Crippen LogP contribution in [0.2, 0.25) is 5.22 Å². The molecule has 0 amide bonds. The van der Waals surface area contributed by atoms with Crippen LogP contribution in [0.15, 0.2) is 16.5 Å². The van der Waals surface area contributed by atoms with E-state index in [2.05, 4.69) is 17.1 Å². The Balaban J connectivity index is 1.88. The molecule has 4 heteroatoms. The number of nitrogens with zero attached hydrogens (tertiary/aromatic N) is 1. The average molecular weight is 229 g/mol. The van der Waals surface area contributed by atoms with Crippen molar-refractivity contribution in [1.82, 2.24) is 10.2 Å². The average Bonchev–Trinajstić information content (AvgIpc) is 2.66. The van der Waals surface area contributed by atoms with E-state index in [1.54, 1.807) is 0 Å². The Kier molecular flexibility index (Phi) is 3.67. The van der Waals surface area contributed by atoms with Crippen LogP contribution < -0.4 is 5.32 Å². The molecule has 15 heavy (non-hydrogen) atoms. The first-order chi connectivity index (χ1) is 7.25. The number of hydrogen-bond donors (Lipinski definition) is 1. The molecule has 0 spiro atoms. The Morgan fingerprint density at radius 1 is 1.47 bits per heavy atom. The van der Waals surface area contributed by atoms with Gasteiger partial charge in [-0.1, -0.05) is 6.92 Å². The summed E-state index contributed by atoms with van der Waals surface area (Å²) >= 11 is 5.76. The molecule has 1 aliphatic heterocycles. The van der Waals surface area contributed by atoms with Gasteiger partial charge in [-0.2, -0.15) is 0 Å². The van der Waals surface area contributed by atoms with Gasteiger partial charge < -0.3 is 14.6 Å². The van der Waals surface area contributed by atoms with Crippen LogP contribution in [0.4, 0.5) is 0 Å². The minimum Gasteiger partial charge on any atom is -0.449 e. The number of hydrogen-bond acceptors (Lipinski definition) is 3. The summed E-state index contributed by atoms with van der Waals surface area (Å²) < 4.78 is 5.41. The lowest BCUT2D eigenvalue weighted by Crippen LogP contribution is -2.44. The van der Waals surface area contributed by atoms with Crippen molar-refractivity contribution in [2.45, 2.75) is 12.8 Å². The summed E-state index contributed by atoms with van der Waals surface area (Å²) in [6.07, 6.45) is 0. The van der Waals surface area contributed by atoms with E-state index in [1.165, 1.54) is 0 Å². The smallest absolute Gasteiger partial charge is 0.193 e. The third-order valence-corrected chi connectivity index (χ3v) is 3.02. The van der Waals surface area contributed by atoms with Gasteiger partial charge in [0, 0.05) is 38.6 Å². The zero-order valence-corrected chi connectivity index (χ0v) is 9.76. The van der Waals surface area contributed by atoms with Gasteiger partial charge in [0.1, 0.15) is 5.76 Å². The van der Waals surface area contributed by atoms with Crippen LogP contribution >= 0.6 is 11.6 Å². The molecule has 1 unspecified atom stereocenters. The highest BCUT2D eigenvalue weighted by atomic mass is 35.5. The van der Waals surface area contributed by atoms with Gasteiger partial charge in [-0.3, -0.25) is 0 Å². The highest BCUT2D eigenvalue weighted by Crippen LogP contribution is 2.22. The predicted molar refractivity (Wildman–Crippen MR) is 61.4 cm³/mol. The predicted octanol–water partition coefficient (Wildman–Crippen LogP) is 1.94. The first kappa shape index (κ1) is 11.0. The van der Waals surface area contributed by atoms with E-state index in [4.69, 9.17) is 16.0 Å². The topological polar surface area (TPSA) is 28.4 Å². The molecule has 1 saturated heterocycles. The summed E-state index contributed by atoms with van der Waals surface area (Å²) in [7, 11) is 0. The van der Waals surface area contributed by atoms with Crippen LogP contribution in [0.3, 0.4) is 0 Å². The summed E-state index contributed by atoms with van der Waals surface area (Å²) in [6, 6.07) is 3.78. The molecule has 2 heterocycles. The summed E-state index contributed by atoms with van der Waals surface area (Å²) in [5.41, 5.74) is 0. The molecular formula is C11H17ClN2O. The van der Waals surface area contributed by atoms with Crippen molar-refractivity contribution in [2.24, 2.45) is 0 Å². The Morgan fingerprint density at radius 3 is 2.80 bits per heavy atom. The van der Waals surface area contributed by atoms with Gasteiger partial charge in [0.15, 0.2) is 5.22 Å². The molecule has 84 valence electrons. The van der Waals surface area contributed by atoms with Crippen molar-refractivity contribution in [2.75, 3.05) is 32.7 Å². The van der Waals surface area contributed by atoms with Gasteiger partial charge in [0.25, 0.3) is 0 Å². The Morgan fingerprint density at radius 2 is 2.20 bits per heavy atom. The van der Waals surface area contributed by atoms with E-state index in [9.17, 15) is 0 Å². The minimum atomic E-state index is 0.413. The quantitative estimate of drug-likeness (QED) is 0.857. The molecule has 0 saturated carbocycles. The summed E-state index contributed by atoms with van der Waals surface area (Å²) in [5.74, 6) is 1.40. The van der Waals surface area contributed by atoms with Crippen molar-refractivity contribution in [1.29, 1.82) is 0 Å². The zero-order valence-electron chi connectivity index (χ0n) is 9.00. The van der Waals surface area contributed by atoms with Gasteiger partial charge in [-0.05, 0) is 23.7 Å². The van der Waals surface area contributed by atoms with Gasteiger partial charge in [0.05, 0.1) is 0 Å². The normalized spacial score (nSPS) is 20.4. The van der Waals surface area contributed by atoms with Gasteiger partial charge in [-0.15, -0.1) is 0 Å². The fourth-order valence-corrected chi connectivity index (χ4v) is 2.12. The summed E-state index contributed by atoms with van der Waals surface area (Å²) in [4.78, 5) is 2.46. The molecule has 0 radical (unpaired) electrons. The SMILES string of the molecule is CC(CN1CCNCC1)c1ccc(Cl)o1.